The lowest BCUT2D eigenvalue weighted by molar-refractivity contribution is -0.140. The van der Waals surface area contributed by atoms with Gasteiger partial charge in [-0.1, -0.05) is 54.1 Å². The normalized spacial score (nSPS) is 28.0. The minimum Gasteiger partial charge on any atom is -0.395 e. The van der Waals surface area contributed by atoms with E-state index in [9.17, 15) is 19.5 Å². The molecular formula is C32H36ClN3O4S. The van der Waals surface area contributed by atoms with Crippen LogP contribution in [0.2, 0.25) is 5.02 Å². The number of β-amino-alcohol motifs (C(OH)–C–C–N with tert-alkyl or cyclic N) is 1. The van der Waals surface area contributed by atoms with Crippen LogP contribution in [0.3, 0.4) is 0 Å². The molecule has 2 aromatic rings. The fourth-order valence-corrected chi connectivity index (χ4v) is 9.86. The van der Waals surface area contributed by atoms with Crippen molar-refractivity contribution < 1.29 is 19.5 Å². The summed E-state index contributed by atoms with van der Waals surface area (Å²) in [5.74, 6) is -2.02. The van der Waals surface area contributed by atoms with Gasteiger partial charge in [0.25, 0.3) is 5.91 Å². The van der Waals surface area contributed by atoms with Gasteiger partial charge in [-0.05, 0) is 50.5 Å². The van der Waals surface area contributed by atoms with Crippen LogP contribution in [0.5, 0.6) is 0 Å². The largest absolute Gasteiger partial charge is 0.395 e. The highest BCUT2D eigenvalue weighted by Crippen LogP contribution is 2.71. The van der Waals surface area contributed by atoms with Crippen molar-refractivity contribution >= 4 is 52.5 Å². The van der Waals surface area contributed by atoms with Gasteiger partial charge in [0, 0.05) is 30.1 Å². The number of hydrogen-bond donors (Lipinski definition) is 1. The maximum atomic E-state index is 14.7. The number of halogens is 1. The maximum Gasteiger partial charge on any atom is 0.251 e. The Kier molecular flexibility index (Phi) is 8.12. The highest BCUT2D eigenvalue weighted by Gasteiger charge is 2.77. The lowest BCUT2D eigenvalue weighted by Gasteiger charge is -2.38. The van der Waals surface area contributed by atoms with Crippen molar-refractivity contribution in [1.82, 2.24) is 4.90 Å². The number of para-hydroxylation sites is 2. The van der Waals surface area contributed by atoms with E-state index in [-0.39, 0.29) is 37.4 Å². The van der Waals surface area contributed by atoms with Crippen LogP contribution in [0.25, 0.3) is 0 Å². The number of hydrogen-bond acceptors (Lipinski definition) is 5. The molecule has 3 fully saturated rings. The van der Waals surface area contributed by atoms with Gasteiger partial charge in [0.15, 0.2) is 0 Å². The van der Waals surface area contributed by atoms with Gasteiger partial charge in [0.05, 0.1) is 33.9 Å². The standard InChI is InChI=1S/C32H36ClN3O4S/c1-5-17-34(22-12-8-7-9-13-22)28(38)24-25-29(39)36(19-20-37)27(32(25)16-15-31(24,4)41-32)30(40)35(18-6-2)26-21(3)11-10-14-23(26)33/h5-14,24-25,27,37H,1-2,15-20H2,3-4H3/t24-,25+,27?,31+,32?/m1/s1. The molecule has 3 heterocycles. The van der Waals surface area contributed by atoms with Crippen LogP contribution in [-0.4, -0.2) is 69.5 Å². The Morgan fingerprint density at radius 2 is 1.76 bits per heavy atom. The molecular weight excluding hydrogens is 558 g/mol. The number of rotatable bonds is 10. The Bertz CT molecular complexity index is 1370. The second kappa shape index (κ2) is 11.3. The Morgan fingerprint density at radius 1 is 1.07 bits per heavy atom. The minimum atomic E-state index is -0.864. The fraction of sp³-hybridized carbons (Fsp3) is 0.406. The average Bonchev–Trinajstić information content (AvgIpc) is 3.52. The van der Waals surface area contributed by atoms with Gasteiger partial charge in [-0.3, -0.25) is 14.4 Å². The maximum absolute atomic E-state index is 14.7. The van der Waals surface area contributed by atoms with Crippen LogP contribution >= 0.6 is 23.4 Å². The van der Waals surface area contributed by atoms with Gasteiger partial charge in [0.2, 0.25) is 11.8 Å². The summed E-state index contributed by atoms with van der Waals surface area (Å²) < 4.78 is -1.34. The second-order valence-electron chi connectivity index (χ2n) is 11.2. The van der Waals surface area contributed by atoms with E-state index >= 15 is 0 Å². The minimum absolute atomic E-state index is 0.00413. The third kappa shape index (κ3) is 4.60. The van der Waals surface area contributed by atoms with E-state index in [4.69, 9.17) is 11.6 Å². The molecule has 1 spiro atoms. The zero-order valence-corrected chi connectivity index (χ0v) is 25.0. The molecule has 3 saturated heterocycles. The number of amides is 3. The van der Waals surface area contributed by atoms with Crippen molar-refractivity contribution in [3.8, 4) is 0 Å². The van der Waals surface area contributed by atoms with Crippen molar-refractivity contribution in [1.29, 1.82) is 0 Å². The first-order valence-corrected chi connectivity index (χ1v) is 15.1. The molecule has 3 aliphatic heterocycles. The fourth-order valence-electron chi connectivity index (χ4n) is 7.19. The first-order valence-electron chi connectivity index (χ1n) is 13.9. The lowest BCUT2D eigenvalue weighted by Crippen LogP contribution is -2.55. The van der Waals surface area contributed by atoms with Crippen LogP contribution in [0.15, 0.2) is 73.8 Å². The number of likely N-dealkylation sites (tertiary alicyclic amines) is 1. The van der Waals surface area contributed by atoms with E-state index in [1.807, 2.05) is 49.4 Å². The average molecular weight is 594 g/mol. The van der Waals surface area contributed by atoms with E-state index in [1.165, 1.54) is 4.90 Å². The molecule has 9 heteroatoms. The van der Waals surface area contributed by atoms with Gasteiger partial charge in [-0.2, -0.15) is 0 Å². The third-order valence-corrected chi connectivity index (χ3v) is 11.1. The first kappa shape index (κ1) is 29.4. The Hall–Kier alpha value is -3.07. The van der Waals surface area contributed by atoms with Crippen LogP contribution in [0.1, 0.15) is 25.3 Å². The van der Waals surface area contributed by atoms with E-state index < -0.39 is 27.4 Å². The quantitative estimate of drug-likeness (QED) is 0.398. The number of thioether (sulfide) groups is 1. The first-order chi connectivity index (χ1) is 19.6. The summed E-state index contributed by atoms with van der Waals surface area (Å²) in [7, 11) is 0. The summed E-state index contributed by atoms with van der Waals surface area (Å²) in [4.78, 5) is 48.2. The van der Waals surface area contributed by atoms with Gasteiger partial charge in [0.1, 0.15) is 6.04 Å². The third-order valence-electron chi connectivity index (χ3n) is 8.80. The number of anilines is 2. The number of aryl methyl sites for hydroxylation is 1. The highest BCUT2D eigenvalue weighted by atomic mass is 35.5. The van der Waals surface area contributed by atoms with Crippen LogP contribution in [-0.2, 0) is 14.4 Å². The van der Waals surface area contributed by atoms with Crippen LogP contribution < -0.4 is 9.80 Å². The predicted octanol–water partition coefficient (Wildman–Crippen LogP) is 4.86. The van der Waals surface area contributed by atoms with Gasteiger partial charge >= 0.3 is 0 Å². The summed E-state index contributed by atoms with van der Waals surface area (Å²) in [6.45, 7) is 11.9. The Morgan fingerprint density at radius 3 is 2.39 bits per heavy atom. The molecule has 3 aliphatic rings. The van der Waals surface area contributed by atoms with E-state index in [2.05, 4.69) is 20.1 Å². The highest BCUT2D eigenvalue weighted by molar-refractivity contribution is 8.02. The summed E-state index contributed by atoms with van der Waals surface area (Å²) in [6.07, 6.45) is 4.63. The number of fused-ring (bicyclic) bond motifs is 1. The van der Waals surface area contributed by atoms with Crippen molar-refractivity contribution in [3.05, 3.63) is 84.4 Å². The van der Waals surface area contributed by atoms with E-state index in [0.29, 0.717) is 30.1 Å². The molecule has 0 aromatic heterocycles. The van der Waals surface area contributed by atoms with Crippen molar-refractivity contribution in [3.63, 3.8) is 0 Å². The summed E-state index contributed by atoms with van der Waals surface area (Å²) in [5.41, 5.74) is 2.14. The molecule has 2 bridgehead atoms. The van der Waals surface area contributed by atoms with Crippen molar-refractivity contribution in [2.24, 2.45) is 11.8 Å². The molecule has 2 aromatic carbocycles. The summed E-state index contributed by atoms with van der Waals surface area (Å²) in [5, 5.41) is 10.4. The van der Waals surface area contributed by atoms with E-state index in [1.54, 1.807) is 39.8 Å². The zero-order valence-electron chi connectivity index (χ0n) is 23.5. The smallest absolute Gasteiger partial charge is 0.251 e. The topological polar surface area (TPSA) is 81.2 Å². The van der Waals surface area contributed by atoms with Crippen molar-refractivity contribution in [2.75, 3.05) is 36.0 Å². The van der Waals surface area contributed by atoms with Gasteiger partial charge < -0.3 is 19.8 Å². The summed E-state index contributed by atoms with van der Waals surface area (Å²) in [6, 6.07) is 14.0. The number of aliphatic hydroxyl groups is 1. The number of nitrogens with zero attached hydrogens (tertiary/aromatic N) is 3. The number of carbonyl (C=O) groups excluding carboxylic acids is 3. The van der Waals surface area contributed by atoms with Gasteiger partial charge in [-0.15, -0.1) is 24.9 Å². The molecule has 7 nitrogen and oxygen atoms in total. The Balaban J connectivity index is 1.60. The molecule has 2 unspecified atom stereocenters. The zero-order chi connectivity index (χ0) is 29.5. The molecule has 5 atom stereocenters. The molecule has 41 heavy (non-hydrogen) atoms. The van der Waals surface area contributed by atoms with Crippen LogP contribution in [0.4, 0.5) is 11.4 Å². The second-order valence-corrected chi connectivity index (χ2v) is 13.5. The number of aliphatic hydroxyl groups excluding tert-OH is 1. The number of benzene rings is 2. The molecule has 3 amide bonds. The Labute approximate surface area is 250 Å². The summed E-state index contributed by atoms with van der Waals surface area (Å²) >= 11 is 8.23. The van der Waals surface area contributed by atoms with Crippen molar-refractivity contribution in [2.45, 2.75) is 42.2 Å². The SMILES string of the molecule is C=CCN(C(=O)[C@H]1[C@H]2C(=O)N(CCO)C(C(=O)N(CC=C)c3c(C)cccc3Cl)C23CC[C@]1(C)S3)c1ccccc1. The van der Waals surface area contributed by atoms with Gasteiger partial charge in [-0.25, -0.2) is 0 Å². The molecule has 0 radical (unpaired) electrons. The molecule has 1 N–H and O–H groups in total. The predicted molar refractivity (Wildman–Crippen MR) is 165 cm³/mol. The molecule has 216 valence electrons. The lowest BCUT2D eigenvalue weighted by atomic mass is 9.66. The number of carbonyl (C=O) groups is 3. The molecule has 0 aliphatic carbocycles. The van der Waals surface area contributed by atoms with Crippen LogP contribution in [0, 0.1) is 18.8 Å². The molecule has 0 saturated carbocycles. The van der Waals surface area contributed by atoms with E-state index in [0.717, 1.165) is 11.3 Å². The molecule has 5 rings (SSSR count). The monoisotopic (exact) mass is 593 g/mol.